The Morgan fingerprint density at radius 3 is 2.79 bits per heavy atom. The molecule has 0 saturated heterocycles. The quantitative estimate of drug-likeness (QED) is 0.670. The van der Waals surface area contributed by atoms with Crippen molar-refractivity contribution in [3.63, 3.8) is 0 Å². The van der Waals surface area contributed by atoms with Gasteiger partial charge in [0, 0.05) is 19.2 Å². The van der Waals surface area contributed by atoms with Crippen molar-refractivity contribution in [1.82, 2.24) is 15.1 Å². The van der Waals surface area contributed by atoms with E-state index in [4.69, 9.17) is 4.42 Å². The highest BCUT2D eigenvalue weighted by Crippen LogP contribution is 2.23. The number of carbonyl (C=O) groups excluding carboxylic acids is 3. The van der Waals surface area contributed by atoms with E-state index in [0.29, 0.717) is 23.0 Å². The molecule has 0 fully saturated rings. The van der Waals surface area contributed by atoms with E-state index in [9.17, 15) is 14.4 Å². The second-order valence-electron chi connectivity index (χ2n) is 6.56. The maximum atomic E-state index is 12.3. The van der Waals surface area contributed by atoms with Gasteiger partial charge in [0.2, 0.25) is 11.8 Å². The monoisotopic (exact) mass is 412 g/mol. The van der Waals surface area contributed by atoms with Crippen LogP contribution in [0.25, 0.3) is 0 Å². The highest BCUT2D eigenvalue weighted by atomic mass is 32.2. The number of amidine groups is 1. The molecule has 1 aromatic rings. The summed E-state index contributed by atoms with van der Waals surface area (Å²) < 4.78 is 5.59. The minimum absolute atomic E-state index is 0.153. The predicted molar refractivity (Wildman–Crippen MR) is 105 cm³/mol. The Morgan fingerprint density at radius 1 is 1.14 bits per heavy atom. The lowest BCUT2D eigenvalue weighted by atomic mass is 9.97. The summed E-state index contributed by atoms with van der Waals surface area (Å²) in [4.78, 5) is 49.2. The van der Waals surface area contributed by atoms with Gasteiger partial charge in [0.15, 0.2) is 0 Å². The number of fused-ring (bicyclic) bond motifs is 1. The van der Waals surface area contributed by atoms with Crippen LogP contribution >= 0.6 is 11.8 Å². The predicted octanol–water partition coefficient (Wildman–Crippen LogP) is 1.50. The van der Waals surface area contributed by atoms with E-state index >= 15 is 0 Å². The van der Waals surface area contributed by atoms with E-state index < -0.39 is 17.9 Å². The summed E-state index contributed by atoms with van der Waals surface area (Å²) in [6.07, 6.45) is 7.33. The number of urea groups is 1. The first-order chi connectivity index (χ1) is 13.9. The minimum atomic E-state index is -0.620. The van der Waals surface area contributed by atoms with Gasteiger partial charge in [-0.1, -0.05) is 30.0 Å². The number of thioether (sulfide) groups is 1. The molecule has 0 bridgehead atoms. The minimum Gasteiger partial charge on any atom is -0.416 e. The molecule has 1 aliphatic carbocycles. The van der Waals surface area contributed by atoms with Crippen LogP contribution in [0.3, 0.4) is 0 Å². The fraction of sp³-hybridized carbons (Fsp3) is 0.333. The zero-order valence-corrected chi connectivity index (χ0v) is 16.4. The fourth-order valence-corrected chi connectivity index (χ4v) is 3.64. The molecule has 1 aromatic heterocycles. The van der Waals surface area contributed by atoms with Crippen LogP contribution in [-0.4, -0.2) is 63.0 Å². The zero-order chi connectivity index (χ0) is 20.5. The van der Waals surface area contributed by atoms with E-state index in [0.717, 1.165) is 4.90 Å². The molecule has 148 valence electrons. The van der Waals surface area contributed by atoms with Crippen molar-refractivity contribution in [2.75, 3.05) is 12.8 Å². The van der Waals surface area contributed by atoms with Gasteiger partial charge in [0.1, 0.15) is 11.8 Å². The number of aliphatic imine (C=N–C) groups is 3. The van der Waals surface area contributed by atoms with Crippen molar-refractivity contribution >= 4 is 46.9 Å². The lowest BCUT2D eigenvalue weighted by Gasteiger charge is -2.24. The molecule has 2 aliphatic heterocycles. The van der Waals surface area contributed by atoms with Gasteiger partial charge in [-0.15, -0.1) is 10.2 Å². The molecule has 0 radical (unpaired) electrons. The fourth-order valence-electron chi connectivity index (χ4n) is 3.01. The molecule has 10 nitrogen and oxygen atoms in total. The lowest BCUT2D eigenvalue weighted by Crippen LogP contribution is -2.44. The summed E-state index contributed by atoms with van der Waals surface area (Å²) in [7, 11) is 1.39. The Bertz CT molecular complexity index is 1050. The van der Waals surface area contributed by atoms with Crippen molar-refractivity contribution < 1.29 is 18.8 Å². The Labute approximate surface area is 169 Å². The van der Waals surface area contributed by atoms with Gasteiger partial charge in [0.05, 0.1) is 17.4 Å². The SMILES string of the molecule is CC1=NC(=O)N(C)C(=O)C1Cc1nnc(SCC2=NC(=O)C3C=CC=CC3=N2)o1. The molecule has 0 aromatic carbocycles. The van der Waals surface area contributed by atoms with Gasteiger partial charge in [-0.2, -0.15) is 4.99 Å². The Hall–Kier alpha value is -3.21. The number of imide groups is 1. The summed E-state index contributed by atoms with van der Waals surface area (Å²) in [5.41, 5.74) is 1.08. The summed E-state index contributed by atoms with van der Waals surface area (Å²) in [5, 5.41) is 8.18. The van der Waals surface area contributed by atoms with Crippen LogP contribution in [-0.2, 0) is 16.0 Å². The molecule has 4 amide bonds. The van der Waals surface area contributed by atoms with Crippen molar-refractivity contribution in [3.8, 4) is 0 Å². The van der Waals surface area contributed by atoms with Gasteiger partial charge >= 0.3 is 6.03 Å². The van der Waals surface area contributed by atoms with Crippen LogP contribution in [0.1, 0.15) is 12.8 Å². The van der Waals surface area contributed by atoms with Gasteiger partial charge in [-0.05, 0) is 13.0 Å². The Kier molecular flexibility index (Phi) is 5.05. The topological polar surface area (TPSA) is 130 Å². The molecular formula is C18H16N6O4S. The number of amides is 4. The molecular weight excluding hydrogens is 396 g/mol. The van der Waals surface area contributed by atoms with Crippen LogP contribution in [0, 0.1) is 11.8 Å². The van der Waals surface area contributed by atoms with Gasteiger partial charge < -0.3 is 4.42 Å². The number of rotatable bonds is 5. The molecule has 0 spiro atoms. The largest absolute Gasteiger partial charge is 0.416 e. The van der Waals surface area contributed by atoms with Crippen LogP contribution < -0.4 is 0 Å². The average molecular weight is 412 g/mol. The molecule has 2 atom stereocenters. The standard InChI is InChI=1S/C18H16N6O4S/c1-9-11(16(26)24(2)17(27)19-9)7-14-22-23-18(28-14)29-8-13-20-12-6-4-3-5-10(12)15(25)21-13/h3-6,10-11H,7-8H2,1-2H3. The zero-order valence-electron chi connectivity index (χ0n) is 15.6. The van der Waals surface area contributed by atoms with Gasteiger partial charge in [-0.3, -0.25) is 14.5 Å². The van der Waals surface area contributed by atoms with E-state index in [2.05, 4.69) is 25.2 Å². The van der Waals surface area contributed by atoms with Crippen molar-refractivity contribution in [1.29, 1.82) is 0 Å². The van der Waals surface area contributed by atoms with E-state index in [-0.39, 0.29) is 29.3 Å². The summed E-state index contributed by atoms with van der Waals surface area (Å²) in [5.74, 6) is -0.696. The number of carbonyl (C=O) groups is 3. The first-order valence-corrected chi connectivity index (χ1v) is 9.77. The number of hydrogen-bond donors (Lipinski definition) is 0. The van der Waals surface area contributed by atoms with Gasteiger partial charge in [0.25, 0.3) is 11.1 Å². The van der Waals surface area contributed by atoms with E-state index in [1.54, 1.807) is 25.2 Å². The molecule has 4 rings (SSSR count). The molecule has 3 aliphatic rings. The number of allylic oxidation sites excluding steroid dienone is 3. The maximum absolute atomic E-state index is 12.3. The van der Waals surface area contributed by atoms with Gasteiger partial charge in [-0.25, -0.2) is 14.8 Å². The first-order valence-electron chi connectivity index (χ1n) is 8.79. The summed E-state index contributed by atoms with van der Waals surface area (Å²) in [6.45, 7) is 1.62. The van der Waals surface area contributed by atoms with E-state index in [1.807, 2.05) is 6.08 Å². The Balaban J connectivity index is 1.40. The van der Waals surface area contributed by atoms with Crippen molar-refractivity contribution in [2.45, 2.75) is 18.6 Å². The summed E-state index contributed by atoms with van der Waals surface area (Å²) >= 11 is 1.20. The lowest BCUT2D eigenvalue weighted by molar-refractivity contribution is -0.129. The van der Waals surface area contributed by atoms with Crippen molar-refractivity contribution in [2.24, 2.45) is 26.8 Å². The molecule has 11 heteroatoms. The molecule has 2 unspecified atom stereocenters. The second kappa shape index (κ2) is 7.66. The second-order valence-corrected chi connectivity index (χ2v) is 7.49. The highest BCUT2D eigenvalue weighted by molar-refractivity contribution is 7.99. The molecule has 3 heterocycles. The molecule has 0 N–H and O–H groups in total. The number of aromatic nitrogens is 2. The third-order valence-corrected chi connectivity index (χ3v) is 5.42. The number of nitrogens with zero attached hydrogens (tertiary/aromatic N) is 6. The smallest absolute Gasteiger partial charge is 0.349 e. The van der Waals surface area contributed by atoms with E-state index in [1.165, 1.54) is 18.8 Å². The molecule has 29 heavy (non-hydrogen) atoms. The first kappa shape index (κ1) is 19.1. The van der Waals surface area contributed by atoms with Crippen molar-refractivity contribution in [3.05, 3.63) is 30.2 Å². The summed E-state index contributed by atoms with van der Waals surface area (Å²) in [6, 6.07) is -0.583. The average Bonchev–Trinajstić information content (AvgIpc) is 3.16. The highest BCUT2D eigenvalue weighted by Gasteiger charge is 2.34. The third-order valence-electron chi connectivity index (χ3n) is 4.61. The van der Waals surface area contributed by atoms with Crippen LogP contribution in [0.2, 0.25) is 0 Å². The third kappa shape index (κ3) is 3.86. The number of hydrogen-bond acceptors (Lipinski definition) is 8. The van der Waals surface area contributed by atoms with Crippen LogP contribution in [0.5, 0.6) is 0 Å². The normalized spacial score (nSPS) is 23.7. The maximum Gasteiger partial charge on any atom is 0.349 e. The Morgan fingerprint density at radius 2 is 1.97 bits per heavy atom. The molecule has 0 saturated carbocycles. The van der Waals surface area contributed by atoms with Crippen LogP contribution in [0.4, 0.5) is 4.79 Å². The van der Waals surface area contributed by atoms with Crippen LogP contribution in [0.15, 0.2) is 48.9 Å².